The molecule has 0 aliphatic carbocycles. The predicted molar refractivity (Wildman–Crippen MR) is 47.3 cm³/mol. The molecule has 0 heterocycles. The van der Waals surface area contributed by atoms with Crippen LogP contribution in [0.5, 0.6) is 0 Å². The molecule has 1 unspecified atom stereocenters. The van der Waals surface area contributed by atoms with Crippen LogP contribution in [0.3, 0.4) is 0 Å². The summed E-state index contributed by atoms with van der Waals surface area (Å²) in [5.41, 5.74) is 0. The molecular formula is C6H11ClN2O2S. The lowest BCUT2D eigenvalue weighted by molar-refractivity contribution is 0.574. The van der Waals surface area contributed by atoms with Gasteiger partial charge in [-0.2, -0.15) is 5.26 Å². The topological polar surface area (TPSA) is 70.0 Å². The van der Waals surface area contributed by atoms with E-state index in [1.54, 1.807) is 6.92 Å². The van der Waals surface area contributed by atoms with Gasteiger partial charge in [-0.15, -0.1) is 11.6 Å². The Morgan fingerprint density at radius 2 is 2.25 bits per heavy atom. The normalized spacial score (nSPS) is 13.8. The van der Waals surface area contributed by atoms with Crippen LogP contribution in [0.15, 0.2) is 0 Å². The lowest BCUT2D eigenvalue weighted by Gasteiger charge is -2.04. The van der Waals surface area contributed by atoms with E-state index in [0.717, 1.165) is 0 Å². The van der Waals surface area contributed by atoms with E-state index in [1.165, 1.54) is 0 Å². The van der Waals surface area contributed by atoms with Gasteiger partial charge in [0.2, 0.25) is 10.0 Å². The summed E-state index contributed by atoms with van der Waals surface area (Å²) in [5, 5.41) is 8.35. The number of sulfonamides is 1. The second kappa shape index (κ2) is 5.36. The largest absolute Gasteiger partial charge is 0.214 e. The Bertz CT molecular complexity index is 257. The molecule has 0 fully saturated rings. The molecule has 12 heavy (non-hydrogen) atoms. The fraction of sp³-hybridized carbons (Fsp3) is 0.833. The van der Waals surface area contributed by atoms with Gasteiger partial charge >= 0.3 is 0 Å². The second-order valence-corrected chi connectivity index (χ2v) is 4.69. The Balaban J connectivity index is 3.86. The number of nitrogens with one attached hydrogen (secondary N) is 1. The van der Waals surface area contributed by atoms with Gasteiger partial charge in [-0.05, 0) is 6.92 Å². The Labute approximate surface area is 77.6 Å². The molecule has 0 radical (unpaired) electrons. The molecule has 0 bridgehead atoms. The van der Waals surface area contributed by atoms with Gasteiger partial charge in [0.15, 0.2) is 0 Å². The van der Waals surface area contributed by atoms with Crippen molar-refractivity contribution < 1.29 is 8.42 Å². The standard InChI is InChI=1S/C6H11ClN2O2S/c1-6(4-8)5-9-12(10,11)3-2-7/h6,9H,2-3,5H2,1H3. The van der Waals surface area contributed by atoms with Crippen molar-refractivity contribution in [1.29, 1.82) is 5.26 Å². The third kappa shape index (κ3) is 5.35. The first-order chi connectivity index (χ1) is 5.52. The van der Waals surface area contributed by atoms with Crippen LogP contribution in [-0.4, -0.2) is 26.6 Å². The maximum Gasteiger partial charge on any atom is 0.212 e. The summed E-state index contributed by atoms with van der Waals surface area (Å²) in [6.07, 6.45) is 0. The fourth-order valence-corrected chi connectivity index (χ4v) is 1.93. The Morgan fingerprint density at radius 1 is 1.67 bits per heavy atom. The molecule has 6 heteroatoms. The van der Waals surface area contributed by atoms with E-state index in [4.69, 9.17) is 16.9 Å². The van der Waals surface area contributed by atoms with Crippen LogP contribution in [-0.2, 0) is 10.0 Å². The molecule has 0 aliphatic rings. The van der Waals surface area contributed by atoms with Gasteiger partial charge < -0.3 is 0 Å². The zero-order chi connectivity index (χ0) is 9.61. The summed E-state index contributed by atoms with van der Waals surface area (Å²) in [5.74, 6) is -0.349. The van der Waals surface area contributed by atoms with Crippen molar-refractivity contribution in [2.75, 3.05) is 18.2 Å². The van der Waals surface area contributed by atoms with Crippen molar-refractivity contribution in [2.45, 2.75) is 6.92 Å². The molecular weight excluding hydrogens is 200 g/mol. The van der Waals surface area contributed by atoms with Crippen LogP contribution in [0.25, 0.3) is 0 Å². The molecule has 0 aromatic heterocycles. The minimum Gasteiger partial charge on any atom is -0.214 e. The van der Waals surface area contributed by atoms with Crippen molar-refractivity contribution >= 4 is 21.6 Å². The second-order valence-electron chi connectivity index (χ2n) is 2.39. The van der Waals surface area contributed by atoms with E-state index in [0.29, 0.717) is 0 Å². The van der Waals surface area contributed by atoms with Gasteiger partial charge in [0.25, 0.3) is 0 Å². The zero-order valence-corrected chi connectivity index (χ0v) is 8.32. The lowest BCUT2D eigenvalue weighted by atomic mass is 10.2. The molecule has 70 valence electrons. The molecule has 0 aromatic carbocycles. The highest BCUT2D eigenvalue weighted by Gasteiger charge is 2.10. The molecule has 0 spiro atoms. The fourth-order valence-electron chi connectivity index (χ4n) is 0.471. The van der Waals surface area contributed by atoms with E-state index in [2.05, 4.69) is 4.72 Å². The van der Waals surface area contributed by atoms with Crippen LogP contribution in [0.1, 0.15) is 6.92 Å². The Kier molecular flexibility index (Phi) is 5.22. The minimum absolute atomic E-state index is 0.0657. The lowest BCUT2D eigenvalue weighted by Crippen LogP contribution is -2.30. The SMILES string of the molecule is CC(C#N)CNS(=O)(=O)CCCl. The third-order valence-electron chi connectivity index (χ3n) is 1.18. The Hall–Kier alpha value is -0.310. The summed E-state index contributed by atoms with van der Waals surface area (Å²) < 4.78 is 24.2. The molecule has 1 N–H and O–H groups in total. The number of nitrogens with zero attached hydrogens (tertiary/aromatic N) is 1. The molecule has 0 saturated carbocycles. The molecule has 0 amide bonds. The number of alkyl halides is 1. The summed E-state index contributed by atoms with van der Waals surface area (Å²) in [6, 6.07) is 1.92. The van der Waals surface area contributed by atoms with Crippen molar-refractivity contribution in [3.8, 4) is 6.07 Å². The number of halogens is 1. The zero-order valence-electron chi connectivity index (χ0n) is 6.75. The highest BCUT2D eigenvalue weighted by molar-refractivity contribution is 7.89. The first-order valence-electron chi connectivity index (χ1n) is 3.44. The van der Waals surface area contributed by atoms with Gasteiger partial charge in [-0.25, -0.2) is 13.1 Å². The average Bonchev–Trinajstić information content (AvgIpc) is 2.00. The summed E-state index contributed by atoms with van der Waals surface area (Å²) >= 11 is 5.25. The summed E-state index contributed by atoms with van der Waals surface area (Å²) in [6.45, 7) is 1.79. The van der Waals surface area contributed by atoms with E-state index in [1.807, 2.05) is 6.07 Å². The van der Waals surface area contributed by atoms with Crippen LogP contribution in [0, 0.1) is 17.2 Å². The Morgan fingerprint density at radius 3 is 2.67 bits per heavy atom. The van der Waals surface area contributed by atoms with Gasteiger partial charge in [0, 0.05) is 12.4 Å². The van der Waals surface area contributed by atoms with E-state index in [-0.39, 0.29) is 24.1 Å². The number of rotatable bonds is 5. The van der Waals surface area contributed by atoms with Crippen molar-refractivity contribution in [3.63, 3.8) is 0 Å². The maximum atomic E-state index is 10.9. The van der Waals surface area contributed by atoms with Crippen LogP contribution in [0.4, 0.5) is 0 Å². The molecule has 1 atom stereocenters. The van der Waals surface area contributed by atoms with E-state index >= 15 is 0 Å². The van der Waals surface area contributed by atoms with E-state index in [9.17, 15) is 8.42 Å². The van der Waals surface area contributed by atoms with Gasteiger partial charge in [-0.1, -0.05) is 0 Å². The molecule has 0 saturated heterocycles. The monoisotopic (exact) mass is 210 g/mol. The van der Waals surface area contributed by atoms with Gasteiger partial charge in [-0.3, -0.25) is 0 Å². The molecule has 0 aromatic rings. The van der Waals surface area contributed by atoms with Gasteiger partial charge in [0.1, 0.15) is 0 Å². The van der Waals surface area contributed by atoms with Crippen molar-refractivity contribution in [3.05, 3.63) is 0 Å². The predicted octanol–water partition coefficient (Wildman–Crippen LogP) is 0.304. The molecule has 0 rings (SSSR count). The van der Waals surface area contributed by atoms with E-state index < -0.39 is 10.0 Å². The maximum absolute atomic E-state index is 10.9. The number of hydrogen-bond donors (Lipinski definition) is 1. The summed E-state index contributed by atoms with van der Waals surface area (Å²) in [7, 11) is -3.27. The average molecular weight is 211 g/mol. The first-order valence-corrected chi connectivity index (χ1v) is 5.63. The molecule has 0 aliphatic heterocycles. The quantitative estimate of drug-likeness (QED) is 0.664. The highest BCUT2D eigenvalue weighted by atomic mass is 35.5. The first kappa shape index (κ1) is 11.7. The van der Waals surface area contributed by atoms with Crippen LogP contribution in [0.2, 0.25) is 0 Å². The van der Waals surface area contributed by atoms with Crippen molar-refractivity contribution in [2.24, 2.45) is 5.92 Å². The minimum atomic E-state index is -3.27. The molecule has 4 nitrogen and oxygen atoms in total. The van der Waals surface area contributed by atoms with Crippen molar-refractivity contribution in [1.82, 2.24) is 4.72 Å². The highest BCUT2D eigenvalue weighted by Crippen LogP contribution is 1.92. The summed E-state index contributed by atoms with van der Waals surface area (Å²) in [4.78, 5) is 0. The smallest absolute Gasteiger partial charge is 0.212 e. The number of hydrogen-bond acceptors (Lipinski definition) is 3. The van der Waals surface area contributed by atoms with Gasteiger partial charge in [0.05, 0.1) is 17.7 Å². The number of nitriles is 1. The van der Waals surface area contributed by atoms with Crippen LogP contribution < -0.4 is 4.72 Å². The van der Waals surface area contributed by atoms with Crippen LogP contribution >= 0.6 is 11.6 Å². The third-order valence-corrected chi connectivity index (χ3v) is 2.94.